The smallest absolute Gasteiger partial charge is 0.165 e. The SMILES string of the molecule is [2H]C([2H])([2H])[C@]([2H])(CC(C)(C)C)C(=O)c1cccc(Cl)c1. The Hall–Kier alpha value is -0.820. The standard InChI is InChI=1S/C14H19ClO/c1-10(9-14(2,3)4)13(16)11-6-5-7-12(15)8-11/h5-8,10H,9H2,1-4H3/t10-/m1/s1/i1D3,10D. The van der Waals surface area contributed by atoms with Gasteiger partial charge >= 0.3 is 0 Å². The van der Waals surface area contributed by atoms with Gasteiger partial charge in [-0.3, -0.25) is 4.79 Å². The molecule has 88 valence electrons. The maximum atomic E-state index is 12.5. The first-order valence-corrected chi connectivity index (χ1v) is 5.55. The lowest BCUT2D eigenvalue weighted by Crippen LogP contribution is -2.18. The molecule has 0 aliphatic carbocycles. The first-order chi connectivity index (χ1) is 8.87. The van der Waals surface area contributed by atoms with Crippen molar-refractivity contribution in [2.75, 3.05) is 0 Å². The molecule has 0 saturated carbocycles. The first-order valence-electron chi connectivity index (χ1n) is 7.17. The molecule has 0 unspecified atom stereocenters. The number of rotatable bonds is 3. The van der Waals surface area contributed by atoms with Crippen LogP contribution in [0.5, 0.6) is 0 Å². The van der Waals surface area contributed by atoms with E-state index in [2.05, 4.69) is 0 Å². The molecule has 0 heterocycles. The molecule has 0 fully saturated rings. The summed E-state index contributed by atoms with van der Waals surface area (Å²) in [7, 11) is 0. The van der Waals surface area contributed by atoms with Crippen molar-refractivity contribution in [1.82, 2.24) is 0 Å². The van der Waals surface area contributed by atoms with Crippen LogP contribution in [0.2, 0.25) is 5.02 Å². The summed E-state index contributed by atoms with van der Waals surface area (Å²) in [5.41, 5.74) is -0.294. The van der Waals surface area contributed by atoms with Gasteiger partial charge in [-0.25, -0.2) is 0 Å². The highest BCUT2D eigenvalue weighted by atomic mass is 35.5. The molecule has 0 spiro atoms. The third-order valence-electron chi connectivity index (χ3n) is 2.07. The summed E-state index contributed by atoms with van der Waals surface area (Å²) in [6.45, 7) is 2.74. The highest BCUT2D eigenvalue weighted by Gasteiger charge is 2.21. The molecule has 0 N–H and O–H groups in total. The fourth-order valence-corrected chi connectivity index (χ4v) is 1.60. The average molecular weight is 243 g/mol. The van der Waals surface area contributed by atoms with E-state index in [0.29, 0.717) is 5.02 Å². The van der Waals surface area contributed by atoms with Gasteiger partial charge in [0, 0.05) is 22.0 Å². The fourth-order valence-electron chi connectivity index (χ4n) is 1.41. The van der Waals surface area contributed by atoms with E-state index < -0.39 is 23.9 Å². The fraction of sp³-hybridized carbons (Fsp3) is 0.500. The molecule has 0 bridgehead atoms. The number of hydrogen-bond donors (Lipinski definition) is 0. The summed E-state index contributed by atoms with van der Waals surface area (Å²) in [4.78, 5) is 12.5. The zero-order valence-corrected chi connectivity index (χ0v) is 10.6. The third-order valence-corrected chi connectivity index (χ3v) is 2.30. The maximum absolute atomic E-state index is 12.5. The van der Waals surface area contributed by atoms with Crippen molar-refractivity contribution in [2.45, 2.75) is 34.0 Å². The molecule has 0 radical (unpaired) electrons. The van der Waals surface area contributed by atoms with E-state index in [0.717, 1.165) is 0 Å². The summed E-state index contributed by atoms with van der Waals surface area (Å²) in [5, 5.41) is 0.347. The second-order valence-corrected chi connectivity index (χ2v) is 5.49. The number of halogens is 1. The lowest BCUT2D eigenvalue weighted by Gasteiger charge is -2.22. The summed E-state index contributed by atoms with van der Waals surface area (Å²) < 4.78 is 31.1. The molecule has 0 saturated heterocycles. The molecular weight excluding hydrogens is 220 g/mol. The van der Waals surface area contributed by atoms with Crippen molar-refractivity contribution in [3.63, 3.8) is 0 Å². The van der Waals surface area contributed by atoms with Crippen LogP contribution in [0.3, 0.4) is 0 Å². The minimum atomic E-state index is -2.69. The van der Waals surface area contributed by atoms with Crippen molar-refractivity contribution in [3.05, 3.63) is 34.9 Å². The molecular formula is C14H19ClO. The van der Waals surface area contributed by atoms with Gasteiger partial charge in [0.05, 0.1) is 0 Å². The quantitative estimate of drug-likeness (QED) is 0.709. The largest absolute Gasteiger partial charge is 0.294 e. The Kier molecular flexibility index (Phi) is 2.60. The minimum Gasteiger partial charge on any atom is -0.294 e. The van der Waals surface area contributed by atoms with E-state index in [-0.39, 0.29) is 12.0 Å². The van der Waals surface area contributed by atoms with E-state index in [1.165, 1.54) is 12.1 Å². The van der Waals surface area contributed by atoms with Crippen LogP contribution in [-0.4, -0.2) is 5.78 Å². The number of benzene rings is 1. The highest BCUT2D eigenvalue weighted by Crippen LogP contribution is 2.26. The molecule has 0 aliphatic rings. The van der Waals surface area contributed by atoms with E-state index in [9.17, 15) is 4.79 Å². The van der Waals surface area contributed by atoms with Crippen molar-refractivity contribution in [2.24, 2.45) is 11.3 Å². The van der Waals surface area contributed by atoms with Crippen LogP contribution < -0.4 is 0 Å². The molecule has 0 amide bonds. The van der Waals surface area contributed by atoms with Gasteiger partial charge in [-0.15, -0.1) is 0 Å². The van der Waals surface area contributed by atoms with Crippen molar-refractivity contribution < 1.29 is 10.3 Å². The number of carbonyl (C=O) groups is 1. The Bertz CT molecular complexity index is 505. The maximum Gasteiger partial charge on any atom is 0.165 e. The minimum absolute atomic E-state index is 0.0537. The molecule has 1 rings (SSSR count). The lowest BCUT2D eigenvalue weighted by molar-refractivity contribution is 0.0897. The van der Waals surface area contributed by atoms with Gasteiger partial charge in [0.2, 0.25) is 0 Å². The molecule has 2 heteroatoms. The van der Waals surface area contributed by atoms with E-state index in [1.807, 2.05) is 20.8 Å². The zero-order valence-electron chi connectivity index (χ0n) is 13.8. The third kappa shape index (κ3) is 3.97. The van der Waals surface area contributed by atoms with Gasteiger partial charge < -0.3 is 0 Å². The van der Waals surface area contributed by atoms with E-state index in [1.54, 1.807) is 12.1 Å². The van der Waals surface area contributed by atoms with Gasteiger partial charge in [0.15, 0.2) is 5.78 Å². The topological polar surface area (TPSA) is 17.1 Å². The van der Waals surface area contributed by atoms with Crippen LogP contribution in [0, 0.1) is 11.3 Å². The Morgan fingerprint density at radius 2 is 2.25 bits per heavy atom. The number of carbonyl (C=O) groups excluding carboxylic acids is 1. The monoisotopic (exact) mass is 242 g/mol. The summed E-state index contributed by atoms with van der Waals surface area (Å²) >= 11 is 5.83. The first kappa shape index (κ1) is 8.30. The Balaban J connectivity index is 3.28. The summed E-state index contributed by atoms with van der Waals surface area (Å²) in [6.07, 6.45) is -0.0537. The van der Waals surface area contributed by atoms with E-state index in [4.69, 9.17) is 17.1 Å². The second kappa shape index (κ2) is 5.01. The highest BCUT2D eigenvalue weighted by molar-refractivity contribution is 6.31. The average Bonchev–Trinajstić information content (AvgIpc) is 2.24. The van der Waals surface area contributed by atoms with Gasteiger partial charge in [-0.2, -0.15) is 0 Å². The Morgan fingerprint density at radius 3 is 2.75 bits per heavy atom. The van der Waals surface area contributed by atoms with Crippen LogP contribution in [0.4, 0.5) is 0 Å². The normalized spacial score (nSPS) is 20.0. The van der Waals surface area contributed by atoms with Gasteiger partial charge in [0.25, 0.3) is 0 Å². The van der Waals surface area contributed by atoms with Crippen LogP contribution in [0.15, 0.2) is 24.3 Å². The predicted molar refractivity (Wildman–Crippen MR) is 69.0 cm³/mol. The predicted octanol–water partition coefficient (Wildman–Crippen LogP) is 4.60. The van der Waals surface area contributed by atoms with Crippen LogP contribution >= 0.6 is 11.6 Å². The number of ketones is 1. The van der Waals surface area contributed by atoms with Crippen molar-refractivity contribution >= 4 is 17.4 Å². The number of hydrogen-bond acceptors (Lipinski definition) is 1. The van der Waals surface area contributed by atoms with Crippen molar-refractivity contribution in [3.8, 4) is 0 Å². The van der Waals surface area contributed by atoms with Gasteiger partial charge in [-0.05, 0) is 24.0 Å². The van der Waals surface area contributed by atoms with Gasteiger partial charge in [0.1, 0.15) is 0 Å². The molecule has 1 nitrogen and oxygen atoms in total. The molecule has 1 atom stereocenters. The molecule has 1 aromatic rings. The van der Waals surface area contributed by atoms with Crippen LogP contribution in [0.25, 0.3) is 0 Å². The van der Waals surface area contributed by atoms with E-state index >= 15 is 0 Å². The van der Waals surface area contributed by atoms with Gasteiger partial charge in [-0.1, -0.05) is 51.4 Å². The van der Waals surface area contributed by atoms with Crippen molar-refractivity contribution in [1.29, 1.82) is 0 Å². The second-order valence-electron chi connectivity index (χ2n) is 5.06. The Labute approximate surface area is 108 Å². The molecule has 1 aromatic carbocycles. The molecule has 0 aromatic heterocycles. The zero-order chi connectivity index (χ0) is 15.8. The van der Waals surface area contributed by atoms with Crippen LogP contribution in [0.1, 0.15) is 49.9 Å². The molecule has 0 aliphatic heterocycles. The molecule has 16 heavy (non-hydrogen) atoms. The van der Waals surface area contributed by atoms with Crippen LogP contribution in [-0.2, 0) is 0 Å². The lowest BCUT2D eigenvalue weighted by atomic mass is 9.82. The Morgan fingerprint density at radius 1 is 1.56 bits per heavy atom. The number of Topliss-reactive ketones (excluding diaryl/α,β-unsaturated/α-hetero) is 1. The summed E-state index contributed by atoms with van der Waals surface area (Å²) in [6, 6.07) is 6.07. The summed E-state index contributed by atoms with van der Waals surface area (Å²) in [5.74, 6) is -2.88.